The number of anilines is 1. The van der Waals surface area contributed by atoms with E-state index in [1.807, 2.05) is 0 Å². The fourth-order valence-corrected chi connectivity index (χ4v) is 1.98. The van der Waals surface area contributed by atoms with E-state index >= 15 is 0 Å². The fourth-order valence-electron chi connectivity index (χ4n) is 1.98. The lowest BCUT2D eigenvalue weighted by atomic mass is 10.3. The summed E-state index contributed by atoms with van der Waals surface area (Å²) in [6.45, 7) is 2.24. The fraction of sp³-hybridized carbons (Fsp3) is 0.636. The molecule has 2 heterocycles. The highest BCUT2D eigenvalue weighted by atomic mass is 16.3. The second kappa shape index (κ2) is 5.29. The molecule has 1 unspecified atom stereocenters. The van der Waals surface area contributed by atoms with Crippen LogP contribution in [0.3, 0.4) is 0 Å². The summed E-state index contributed by atoms with van der Waals surface area (Å²) in [7, 11) is 0. The number of aliphatic hydroxyl groups is 1. The molecule has 0 aliphatic carbocycles. The van der Waals surface area contributed by atoms with Crippen molar-refractivity contribution in [3.63, 3.8) is 0 Å². The summed E-state index contributed by atoms with van der Waals surface area (Å²) in [5.74, 6) is 0. The van der Waals surface area contributed by atoms with Crippen molar-refractivity contribution in [3.05, 3.63) is 22.6 Å². The molecule has 1 aliphatic heterocycles. The summed E-state index contributed by atoms with van der Waals surface area (Å²) >= 11 is 0. The van der Waals surface area contributed by atoms with E-state index in [0.717, 1.165) is 31.6 Å². The minimum atomic E-state index is -0.724. The molecule has 0 saturated carbocycles. The van der Waals surface area contributed by atoms with Crippen LogP contribution in [0.15, 0.2) is 17.1 Å². The molecule has 94 valence electrons. The van der Waals surface area contributed by atoms with Crippen LogP contribution >= 0.6 is 0 Å². The van der Waals surface area contributed by atoms with E-state index in [4.69, 9.17) is 5.73 Å². The Morgan fingerprint density at radius 1 is 1.47 bits per heavy atom. The van der Waals surface area contributed by atoms with Gasteiger partial charge in [0.25, 0.3) is 5.56 Å². The van der Waals surface area contributed by atoms with Gasteiger partial charge in [-0.05, 0) is 12.8 Å². The molecule has 1 aromatic heterocycles. The van der Waals surface area contributed by atoms with E-state index in [1.54, 1.807) is 12.3 Å². The number of hydrogen-bond acceptors (Lipinski definition) is 5. The first-order valence-electron chi connectivity index (χ1n) is 5.91. The summed E-state index contributed by atoms with van der Waals surface area (Å²) in [6, 6.07) is 1.57. The Morgan fingerprint density at radius 2 is 2.18 bits per heavy atom. The smallest absolute Gasteiger partial charge is 0.268 e. The highest BCUT2D eigenvalue weighted by Crippen LogP contribution is 2.16. The number of nitrogens with two attached hydrogens (primary N) is 1. The van der Waals surface area contributed by atoms with E-state index in [1.165, 1.54) is 4.68 Å². The highest BCUT2D eigenvalue weighted by Gasteiger charge is 2.14. The van der Waals surface area contributed by atoms with Crippen LogP contribution in [0.1, 0.15) is 12.8 Å². The first-order chi connectivity index (χ1) is 8.20. The maximum Gasteiger partial charge on any atom is 0.268 e. The molecule has 0 amide bonds. The van der Waals surface area contributed by atoms with Crippen LogP contribution in [0.4, 0.5) is 5.69 Å². The summed E-state index contributed by atoms with van der Waals surface area (Å²) in [5.41, 5.74) is 5.97. The second-order valence-electron chi connectivity index (χ2n) is 4.32. The largest absolute Gasteiger partial charge is 0.390 e. The highest BCUT2D eigenvalue weighted by molar-refractivity contribution is 5.43. The Morgan fingerprint density at radius 3 is 2.76 bits per heavy atom. The molecule has 0 radical (unpaired) electrons. The molecule has 1 saturated heterocycles. The maximum atomic E-state index is 11.8. The second-order valence-corrected chi connectivity index (χ2v) is 4.32. The van der Waals surface area contributed by atoms with Crippen molar-refractivity contribution in [1.29, 1.82) is 0 Å². The number of rotatable bonds is 4. The molecule has 1 fully saturated rings. The van der Waals surface area contributed by atoms with Gasteiger partial charge >= 0.3 is 0 Å². The average molecular weight is 238 g/mol. The van der Waals surface area contributed by atoms with Crippen molar-refractivity contribution in [3.8, 4) is 0 Å². The molecule has 0 spiro atoms. The van der Waals surface area contributed by atoms with Crippen LogP contribution in [-0.2, 0) is 6.54 Å². The molecule has 0 bridgehead atoms. The molecule has 0 aromatic carbocycles. The average Bonchev–Trinajstić information content (AvgIpc) is 2.85. The van der Waals surface area contributed by atoms with Crippen molar-refractivity contribution in [2.75, 3.05) is 24.5 Å². The van der Waals surface area contributed by atoms with E-state index in [2.05, 4.69) is 10.00 Å². The topological polar surface area (TPSA) is 84.4 Å². The van der Waals surface area contributed by atoms with E-state index in [-0.39, 0.29) is 18.6 Å². The standard InChI is InChI=1S/C11H18N4O2/c12-6-10(16)8-15-11(17)5-9(7-13-15)14-3-1-2-4-14/h5,7,10,16H,1-4,6,8,12H2. The maximum absolute atomic E-state index is 11.8. The van der Waals surface area contributed by atoms with Crippen molar-refractivity contribution in [1.82, 2.24) is 9.78 Å². The lowest BCUT2D eigenvalue weighted by Crippen LogP contribution is -2.33. The van der Waals surface area contributed by atoms with Crippen LogP contribution in [0.5, 0.6) is 0 Å². The minimum Gasteiger partial charge on any atom is -0.390 e. The third-order valence-corrected chi connectivity index (χ3v) is 2.98. The Balaban J connectivity index is 2.13. The van der Waals surface area contributed by atoms with Gasteiger partial charge in [-0.15, -0.1) is 0 Å². The third-order valence-electron chi connectivity index (χ3n) is 2.98. The van der Waals surface area contributed by atoms with Crippen LogP contribution in [0.2, 0.25) is 0 Å². The molecular weight excluding hydrogens is 220 g/mol. The zero-order valence-corrected chi connectivity index (χ0v) is 9.75. The van der Waals surface area contributed by atoms with E-state index in [0.29, 0.717) is 0 Å². The molecule has 1 atom stereocenters. The summed E-state index contributed by atoms with van der Waals surface area (Å²) in [4.78, 5) is 13.9. The molecule has 17 heavy (non-hydrogen) atoms. The Kier molecular flexibility index (Phi) is 3.75. The zero-order valence-electron chi connectivity index (χ0n) is 9.75. The normalized spacial score (nSPS) is 17.4. The monoisotopic (exact) mass is 238 g/mol. The van der Waals surface area contributed by atoms with Crippen LogP contribution in [0.25, 0.3) is 0 Å². The quantitative estimate of drug-likeness (QED) is 0.714. The Labute approximate surface area is 99.7 Å². The Bertz CT molecular complexity index is 426. The third kappa shape index (κ3) is 2.83. The van der Waals surface area contributed by atoms with Crippen molar-refractivity contribution in [2.45, 2.75) is 25.5 Å². The summed E-state index contributed by atoms with van der Waals surface area (Å²) in [5, 5.41) is 13.4. The summed E-state index contributed by atoms with van der Waals surface area (Å²) in [6.07, 6.45) is 3.28. The molecular formula is C11H18N4O2. The first kappa shape index (κ1) is 12.1. The van der Waals surface area contributed by atoms with Crippen molar-refractivity contribution < 1.29 is 5.11 Å². The van der Waals surface area contributed by atoms with Crippen molar-refractivity contribution >= 4 is 5.69 Å². The number of aliphatic hydroxyl groups excluding tert-OH is 1. The zero-order chi connectivity index (χ0) is 12.3. The first-order valence-corrected chi connectivity index (χ1v) is 5.91. The summed E-state index contributed by atoms with van der Waals surface area (Å²) < 4.78 is 1.25. The number of hydrogen-bond donors (Lipinski definition) is 2. The van der Waals surface area contributed by atoms with Crippen molar-refractivity contribution in [2.24, 2.45) is 5.73 Å². The van der Waals surface area contributed by atoms with Gasteiger partial charge in [-0.2, -0.15) is 5.10 Å². The van der Waals surface area contributed by atoms with Gasteiger partial charge in [-0.3, -0.25) is 4.79 Å². The molecule has 6 heteroatoms. The SMILES string of the molecule is NCC(O)Cn1ncc(N2CCCC2)cc1=O. The predicted octanol–water partition coefficient (Wildman–Crippen LogP) is -0.837. The lowest BCUT2D eigenvalue weighted by molar-refractivity contribution is 0.155. The molecule has 2 rings (SSSR count). The van der Waals surface area contributed by atoms with Gasteiger partial charge in [-0.1, -0.05) is 0 Å². The van der Waals surface area contributed by atoms with E-state index in [9.17, 15) is 9.90 Å². The van der Waals surface area contributed by atoms with Crippen LogP contribution < -0.4 is 16.2 Å². The predicted molar refractivity (Wildman–Crippen MR) is 65.0 cm³/mol. The number of aromatic nitrogens is 2. The van der Waals surface area contributed by atoms with Crippen LogP contribution in [-0.4, -0.2) is 40.6 Å². The van der Waals surface area contributed by atoms with Gasteiger partial charge in [0.15, 0.2) is 0 Å². The van der Waals surface area contributed by atoms with Gasteiger partial charge in [0.1, 0.15) is 0 Å². The van der Waals surface area contributed by atoms with Gasteiger partial charge in [-0.25, -0.2) is 4.68 Å². The Hall–Kier alpha value is -1.40. The lowest BCUT2D eigenvalue weighted by Gasteiger charge is -2.17. The van der Waals surface area contributed by atoms with Crippen LogP contribution in [0, 0.1) is 0 Å². The van der Waals surface area contributed by atoms with Gasteiger partial charge in [0, 0.05) is 25.7 Å². The molecule has 1 aliphatic rings. The van der Waals surface area contributed by atoms with Gasteiger partial charge in [0.2, 0.25) is 0 Å². The van der Waals surface area contributed by atoms with Gasteiger partial charge in [0.05, 0.1) is 24.5 Å². The van der Waals surface area contributed by atoms with Gasteiger partial charge < -0.3 is 15.7 Å². The number of nitrogens with zero attached hydrogens (tertiary/aromatic N) is 3. The molecule has 6 nitrogen and oxygen atoms in total. The molecule has 1 aromatic rings. The molecule has 3 N–H and O–H groups in total. The minimum absolute atomic E-state index is 0.127. The van der Waals surface area contributed by atoms with E-state index < -0.39 is 6.10 Å².